The van der Waals surface area contributed by atoms with Gasteiger partial charge in [0.2, 0.25) is 0 Å². The molecule has 1 aliphatic rings. The van der Waals surface area contributed by atoms with Crippen molar-refractivity contribution in [2.24, 2.45) is 0 Å². The Morgan fingerprint density at radius 3 is 2.53 bits per heavy atom. The van der Waals surface area contributed by atoms with Crippen LogP contribution in [0, 0.1) is 6.92 Å². The number of aryl methyl sites for hydroxylation is 1. The normalized spacial score (nSPS) is 14.0. The molecule has 5 nitrogen and oxygen atoms in total. The minimum absolute atomic E-state index is 0.140. The van der Waals surface area contributed by atoms with Crippen LogP contribution in [0.2, 0.25) is 0 Å². The number of hydrogen-bond donors (Lipinski definition) is 1. The highest BCUT2D eigenvalue weighted by Crippen LogP contribution is 2.31. The molecule has 1 amide bonds. The molecule has 1 aliphatic heterocycles. The van der Waals surface area contributed by atoms with Crippen LogP contribution in [0.5, 0.6) is 0 Å². The largest absolute Gasteiger partial charge is 0.371 e. The molecule has 152 valence electrons. The molecule has 4 rings (SSSR count). The van der Waals surface area contributed by atoms with Gasteiger partial charge in [-0.1, -0.05) is 35.6 Å². The van der Waals surface area contributed by atoms with Crippen LogP contribution in [-0.2, 0) is 4.79 Å². The van der Waals surface area contributed by atoms with E-state index in [1.807, 2.05) is 37.3 Å². The molecule has 0 aliphatic carbocycles. The van der Waals surface area contributed by atoms with Gasteiger partial charge < -0.3 is 10.2 Å². The number of anilines is 1. The number of hydrogen-bond acceptors (Lipinski definition) is 5. The Morgan fingerprint density at radius 2 is 1.87 bits per heavy atom. The zero-order valence-corrected chi connectivity index (χ0v) is 17.1. The highest BCUT2D eigenvalue weighted by atomic mass is 32.1. The number of likely N-dealkylation sites (N-methyl/N-ethyl adjacent to an activating group) is 1. The fraction of sp³-hybridized carbons (Fsp3) is 0.136. The minimum atomic E-state index is -0.889. The van der Waals surface area contributed by atoms with Crippen LogP contribution >= 0.6 is 11.3 Å². The molecule has 0 atom stereocenters. The van der Waals surface area contributed by atoms with E-state index in [1.165, 1.54) is 23.3 Å². The first-order chi connectivity index (χ1) is 14.4. The van der Waals surface area contributed by atoms with Gasteiger partial charge in [-0.05, 0) is 41.8 Å². The summed E-state index contributed by atoms with van der Waals surface area (Å²) in [6, 6.07) is 13.2. The summed E-state index contributed by atoms with van der Waals surface area (Å²) in [6.45, 7) is 1.87. The Bertz CT molecular complexity index is 1150. The van der Waals surface area contributed by atoms with Crippen molar-refractivity contribution in [1.29, 1.82) is 0 Å². The van der Waals surface area contributed by atoms with E-state index in [2.05, 4.69) is 15.5 Å². The van der Waals surface area contributed by atoms with Gasteiger partial charge in [0.05, 0.1) is 6.54 Å². The van der Waals surface area contributed by atoms with Crippen LogP contribution in [0.25, 0.3) is 21.7 Å². The zero-order chi connectivity index (χ0) is 21.3. The quantitative estimate of drug-likeness (QED) is 0.633. The zero-order valence-electron chi connectivity index (χ0n) is 16.3. The molecular weight excluding hydrogens is 406 g/mol. The topological polar surface area (TPSA) is 58.1 Å². The van der Waals surface area contributed by atoms with Crippen molar-refractivity contribution in [2.75, 3.05) is 18.9 Å². The average molecular weight is 424 g/mol. The molecule has 0 saturated heterocycles. The molecule has 2 heterocycles. The lowest BCUT2D eigenvalue weighted by atomic mass is 9.98. The number of nitrogens with zero attached hydrogens (tertiary/aromatic N) is 3. The molecule has 1 N–H and O–H groups in total. The third-order valence-electron chi connectivity index (χ3n) is 4.76. The summed E-state index contributed by atoms with van der Waals surface area (Å²) >= 11 is 1.47. The Morgan fingerprint density at radius 1 is 1.13 bits per heavy atom. The number of amides is 1. The smallest absolute Gasteiger partial charge is 0.261 e. The van der Waals surface area contributed by atoms with Gasteiger partial charge in [0.1, 0.15) is 21.9 Å². The maximum atomic E-state index is 14.1. The lowest BCUT2D eigenvalue weighted by Gasteiger charge is -2.20. The first-order valence-corrected chi connectivity index (χ1v) is 10.1. The van der Waals surface area contributed by atoms with Crippen molar-refractivity contribution in [2.45, 2.75) is 6.92 Å². The van der Waals surface area contributed by atoms with Gasteiger partial charge in [-0.25, -0.2) is 8.78 Å². The van der Waals surface area contributed by atoms with Crippen LogP contribution in [0.3, 0.4) is 0 Å². The molecule has 0 bridgehead atoms. The predicted octanol–water partition coefficient (Wildman–Crippen LogP) is 5.10. The van der Waals surface area contributed by atoms with Gasteiger partial charge in [-0.3, -0.25) is 4.79 Å². The number of carbonyl (C=O) groups is 1. The lowest BCUT2D eigenvalue weighted by molar-refractivity contribution is -0.112. The molecule has 0 unspecified atom stereocenters. The third-order valence-corrected chi connectivity index (χ3v) is 5.50. The fourth-order valence-corrected chi connectivity index (χ4v) is 3.81. The van der Waals surface area contributed by atoms with E-state index in [4.69, 9.17) is 0 Å². The van der Waals surface area contributed by atoms with Crippen LogP contribution in [0.1, 0.15) is 5.56 Å². The van der Waals surface area contributed by atoms with E-state index in [0.29, 0.717) is 5.69 Å². The SMILES string of the molecule is Cc1ccc(-c2nncs2)cc1-c1ccc(NC(=O)C2=C(F)CN(C)C=C2F)cc1. The number of aromatic nitrogens is 2. The molecule has 0 fully saturated rings. The standard InChI is InChI=1S/C22H18F2N4OS/c1-13-3-4-15(22-27-25-12-30-22)9-17(13)14-5-7-16(8-6-14)26-21(29)20-18(23)10-28(2)11-19(20)24/h3-10,12H,11H2,1-2H3,(H,26,29). The molecule has 8 heteroatoms. The van der Waals surface area contributed by atoms with Crippen LogP contribution in [0.15, 0.2) is 71.4 Å². The molecule has 30 heavy (non-hydrogen) atoms. The molecular formula is C22H18F2N4OS. The highest BCUT2D eigenvalue weighted by molar-refractivity contribution is 7.12. The Balaban J connectivity index is 1.56. The van der Waals surface area contributed by atoms with E-state index in [-0.39, 0.29) is 6.54 Å². The fourth-order valence-electron chi connectivity index (χ4n) is 3.25. The van der Waals surface area contributed by atoms with Crippen LogP contribution in [0.4, 0.5) is 14.5 Å². The van der Waals surface area contributed by atoms with Crippen molar-refractivity contribution < 1.29 is 13.6 Å². The van der Waals surface area contributed by atoms with E-state index in [1.54, 1.807) is 17.6 Å². The summed E-state index contributed by atoms with van der Waals surface area (Å²) in [6.07, 6.45) is 1.11. The first-order valence-electron chi connectivity index (χ1n) is 9.18. The van der Waals surface area contributed by atoms with Crippen molar-refractivity contribution in [1.82, 2.24) is 15.1 Å². The van der Waals surface area contributed by atoms with E-state index < -0.39 is 23.1 Å². The van der Waals surface area contributed by atoms with Crippen molar-refractivity contribution in [3.05, 3.63) is 77.0 Å². The second-order valence-electron chi connectivity index (χ2n) is 6.98. The van der Waals surface area contributed by atoms with E-state index >= 15 is 0 Å². The third kappa shape index (κ3) is 3.99. The minimum Gasteiger partial charge on any atom is -0.371 e. The van der Waals surface area contributed by atoms with Gasteiger partial charge in [0.25, 0.3) is 5.91 Å². The van der Waals surface area contributed by atoms with Crippen molar-refractivity contribution in [3.63, 3.8) is 0 Å². The van der Waals surface area contributed by atoms with Crippen LogP contribution in [-0.4, -0.2) is 34.6 Å². The van der Waals surface area contributed by atoms with Crippen molar-refractivity contribution >= 4 is 22.9 Å². The lowest BCUT2D eigenvalue weighted by Crippen LogP contribution is -2.25. The van der Waals surface area contributed by atoms with Gasteiger partial charge in [0, 0.05) is 24.5 Å². The van der Waals surface area contributed by atoms with Gasteiger partial charge in [0.15, 0.2) is 5.83 Å². The van der Waals surface area contributed by atoms with E-state index in [9.17, 15) is 13.6 Å². The summed E-state index contributed by atoms with van der Waals surface area (Å²) in [5.74, 6) is -2.49. The monoisotopic (exact) mass is 424 g/mol. The summed E-state index contributed by atoms with van der Waals surface area (Å²) in [5, 5.41) is 11.4. The Hall–Kier alpha value is -3.39. The second kappa shape index (κ2) is 8.16. The molecule has 1 aromatic heterocycles. The van der Waals surface area contributed by atoms with Crippen LogP contribution < -0.4 is 5.32 Å². The summed E-state index contributed by atoms with van der Waals surface area (Å²) < 4.78 is 28.1. The molecule has 0 saturated carbocycles. The second-order valence-corrected chi connectivity index (χ2v) is 7.81. The molecule has 2 aromatic carbocycles. The maximum absolute atomic E-state index is 14.1. The van der Waals surface area contributed by atoms with E-state index in [0.717, 1.165) is 33.5 Å². The van der Waals surface area contributed by atoms with Gasteiger partial charge in [-0.15, -0.1) is 10.2 Å². The summed E-state index contributed by atoms with van der Waals surface area (Å²) in [7, 11) is 1.54. The first kappa shape index (κ1) is 19.9. The Labute approximate surface area is 176 Å². The molecule has 3 aromatic rings. The average Bonchev–Trinajstić information content (AvgIpc) is 3.23. The Kier molecular flexibility index (Phi) is 5.41. The number of halogens is 2. The number of benzene rings is 2. The molecule has 0 spiro atoms. The molecule has 0 radical (unpaired) electrons. The number of rotatable bonds is 4. The summed E-state index contributed by atoms with van der Waals surface area (Å²) in [5.41, 5.74) is 5.62. The maximum Gasteiger partial charge on any atom is 0.261 e. The number of carbonyl (C=O) groups excluding carboxylic acids is 1. The van der Waals surface area contributed by atoms with Crippen molar-refractivity contribution in [3.8, 4) is 21.7 Å². The van der Waals surface area contributed by atoms with Gasteiger partial charge in [-0.2, -0.15) is 0 Å². The summed E-state index contributed by atoms with van der Waals surface area (Å²) in [4.78, 5) is 13.7. The van der Waals surface area contributed by atoms with Gasteiger partial charge >= 0.3 is 0 Å². The predicted molar refractivity (Wildman–Crippen MR) is 114 cm³/mol. The number of nitrogens with one attached hydrogen (secondary N) is 1. The highest BCUT2D eigenvalue weighted by Gasteiger charge is 2.25.